The number of rotatable bonds is 3. The minimum Gasteiger partial charge on any atom is -0.364 e. The molecular formula is C11H13NO3. The second kappa shape index (κ2) is 4.23. The van der Waals surface area contributed by atoms with Gasteiger partial charge in [-0.25, -0.2) is 0 Å². The van der Waals surface area contributed by atoms with Crippen molar-refractivity contribution in [3.8, 4) is 0 Å². The zero-order chi connectivity index (χ0) is 11.5. The molecule has 0 bridgehead atoms. The molecule has 1 aromatic rings. The zero-order valence-corrected chi connectivity index (χ0v) is 8.65. The summed E-state index contributed by atoms with van der Waals surface area (Å²) in [7, 11) is 0. The molecule has 0 saturated heterocycles. The molecule has 0 heterocycles. The Morgan fingerprint density at radius 3 is 2.27 bits per heavy atom. The summed E-state index contributed by atoms with van der Waals surface area (Å²) in [5.41, 5.74) is -1.50. The van der Waals surface area contributed by atoms with Crippen LogP contribution in [0.25, 0.3) is 0 Å². The van der Waals surface area contributed by atoms with Crippen LogP contribution < -0.4 is 5.32 Å². The van der Waals surface area contributed by atoms with Gasteiger partial charge in [0.15, 0.2) is 5.72 Å². The van der Waals surface area contributed by atoms with Crippen molar-refractivity contribution in [3.05, 3.63) is 35.9 Å². The highest BCUT2D eigenvalue weighted by atomic mass is 16.3. The fraction of sp³-hybridized carbons (Fsp3) is 0.273. The molecule has 15 heavy (non-hydrogen) atoms. The van der Waals surface area contributed by atoms with Crippen molar-refractivity contribution in [2.75, 3.05) is 0 Å². The lowest BCUT2D eigenvalue weighted by Gasteiger charge is -2.22. The Kier molecular flexibility index (Phi) is 3.21. The first kappa shape index (κ1) is 11.4. The van der Waals surface area contributed by atoms with E-state index in [1.807, 2.05) is 0 Å². The maximum Gasteiger partial charge on any atom is 0.219 e. The maximum absolute atomic E-state index is 11.7. The van der Waals surface area contributed by atoms with Gasteiger partial charge >= 0.3 is 0 Å². The normalized spacial score (nSPS) is 14.1. The minimum atomic E-state index is -1.85. The van der Waals surface area contributed by atoms with E-state index < -0.39 is 17.4 Å². The lowest BCUT2D eigenvalue weighted by atomic mass is 10.0. The molecule has 0 aliphatic rings. The van der Waals surface area contributed by atoms with Crippen LogP contribution in [0.4, 0.5) is 0 Å². The van der Waals surface area contributed by atoms with Gasteiger partial charge in [0.1, 0.15) is 0 Å². The maximum atomic E-state index is 11.7. The largest absolute Gasteiger partial charge is 0.364 e. The van der Waals surface area contributed by atoms with Crippen molar-refractivity contribution in [2.24, 2.45) is 0 Å². The zero-order valence-electron chi connectivity index (χ0n) is 8.65. The third kappa shape index (κ3) is 2.89. The molecule has 0 radical (unpaired) electrons. The van der Waals surface area contributed by atoms with Crippen LogP contribution in [0.15, 0.2) is 30.3 Å². The molecule has 0 aliphatic carbocycles. The number of hydrogen-bond donors (Lipinski definition) is 2. The van der Waals surface area contributed by atoms with Crippen LogP contribution in [0.3, 0.4) is 0 Å². The summed E-state index contributed by atoms with van der Waals surface area (Å²) in [6.07, 6.45) is 0. The molecule has 0 saturated carbocycles. The molecule has 1 rings (SSSR count). The molecule has 1 unspecified atom stereocenters. The van der Waals surface area contributed by atoms with Crippen LogP contribution in [-0.4, -0.2) is 22.5 Å². The van der Waals surface area contributed by atoms with E-state index in [0.29, 0.717) is 5.56 Å². The van der Waals surface area contributed by atoms with Crippen molar-refractivity contribution < 1.29 is 14.7 Å². The Hall–Kier alpha value is -1.68. The Morgan fingerprint density at radius 2 is 1.80 bits per heavy atom. The number of carbonyl (C=O) groups excluding carboxylic acids is 2. The predicted octanol–water partition coefficient (Wildman–Crippen LogP) is 0.714. The van der Waals surface area contributed by atoms with E-state index in [1.165, 1.54) is 13.8 Å². The first-order valence-electron chi connectivity index (χ1n) is 4.54. The van der Waals surface area contributed by atoms with Gasteiger partial charge in [0.25, 0.3) is 0 Å². The fourth-order valence-electron chi connectivity index (χ4n) is 1.27. The van der Waals surface area contributed by atoms with Crippen LogP contribution in [0.5, 0.6) is 0 Å². The molecule has 1 amide bonds. The topological polar surface area (TPSA) is 66.4 Å². The van der Waals surface area contributed by atoms with E-state index in [-0.39, 0.29) is 0 Å². The first-order valence-corrected chi connectivity index (χ1v) is 4.54. The minimum absolute atomic E-state index is 0.358. The van der Waals surface area contributed by atoms with E-state index >= 15 is 0 Å². The van der Waals surface area contributed by atoms with Crippen molar-refractivity contribution in [2.45, 2.75) is 19.6 Å². The summed E-state index contributed by atoms with van der Waals surface area (Å²) in [5, 5.41) is 11.9. The average molecular weight is 207 g/mol. The molecule has 2 N–H and O–H groups in total. The summed E-state index contributed by atoms with van der Waals surface area (Å²) in [5.74, 6) is -0.984. The van der Waals surface area contributed by atoms with Crippen molar-refractivity contribution >= 4 is 11.7 Å². The summed E-state index contributed by atoms with van der Waals surface area (Å²) in [6.45, 7) is 2.50. The Labute approximate surface area is 87.9 Å². The van der Waals surface area contributed by atoms with Gasteiger partial charge in [-0.2, -0.15) is 0 Å². The molecule has 1 aromatic carbocycles. The summed E-state index contributed by atoms with van der Waals surface area (Å²) < 4.78 is 0. The van der Waals surface area contributed by atoms with Crippen molar-refractivity contribution in [1.29, 1.82) is 0 Å². The van der Waals surface area contributed by atoms with Gasteiger partial charge in [-0.3, -0.25) is 9.59 Å². The Morgan fingerprint density at radius 1 is 1.27 bits per heavy atom. The van der Waals surface area contributed by atoms with Gasteiger partial charge in [-0.15, -0.1) is 0 Å². The number of amides is 1. The van der Waals surface area contributed by atoms with E-state index in [9.17, 15) is 14.7 Å². The number of carbonyl (C=O) groups is 2. The van der Waals surface area contributed by atoms with Crippen molar-refractivity contribution in [3.63, 3.8) is 0 Å². The van der Waals surface area contributed by atoms with Crippen LogP contribution >= 0.6 is 0 Å². The highest BCUT2D eigenvalue weighted by Gasteiger charge is 2.31. The number of benzene rings is 1. The Bertz CT molecular complexity index is 371. The lowest BCUT2D eigenvalue weighted by molar-refractivity contribution is -0.123. The molecular weight excluding hydrogens is 194 g/mol. The predicted molar refractivity (Wildman–Crippen MR) is 55.2 cm³/mol. The third-order valence-corrected chi connectivity index (χ3v) is 1.90. The summed E-state index contributed by atoms with van der Waals surface area (Å²) in [4.78, 5) is 22.5. The second-order valence-corrected chi connectivity index (χ2v) is 3.45. The molecule has 0 fully saturated rings. The highest BCUT2D eigenvalue weighted by molar-refractivity contribution is 6.03. The number of Topliss-reactive ketones (excluding diaryl/α,β-unsaturated/α-hetero) is 1. The molecule has 0 spiro atoms. The van der Waals surface area contributed by atoms with Gasteiger partial charge < -0.3 is 10.4 Å². The Balaban J connectivity index is 2.89. The highest BCUT2D eigenvalue weighted by Crippen LogP contribution is 2.10. The van der Waals surface area contributed by atoms with Gasteiger partial charge in [0, 0.05) is 12.5 Å². The van der Waals surface area contributed by atoms with Crippen LogP contribution in [0.1, 0.15) is 24.2 Å². The lowest BCUT2D eigenvalue weighted by Crippen LogP contribution is -2.51. The molecule has 4 heteroatoms. The van der Waals surface area contributed by atoms with Crippen LogP contribution in [0.2, 0.25) is 0 Å². The third-order valence-electron chi connectivity index (χ3n) is 1.90. The van der Waals surface area contributed by atoms with Gasteiger partial charge in [0.05, 0.1) is 0 Å². The van der Waals surface area contributed by atoms with Crippen molar-refractivity contribution in [1.82, 2.24) is 5.32 Å². The summed E-state index contributed by atoms with van der Waals surface area (Å²) in [6, 6.07) is 8.31. The van der Waals surface area contributed by atoms with Gasteiger partial charge in [-0.1, -0.05) is 30.3 Å². The fourth-order valence-corrected chi connectivity index (χ4v) is 1.27. The standard InChI is InChI=1S/C11H13NO3/c1-8(13)12-11(2,15)10(14)9-6-4-3-5-7-9/h3-7,15H,1-2H3,(H,12,13). The molecule has 0 aromatic heterocycles. The van der Waals surface area contributed by atoms with E-state index in [4.69, 9.17) is 0 Å². The first-order chi connectivity index (χ1) is 6.93. The van der Waals surface area contributed by atoms with E-state index in [0.717, 1.165) is 0 Å². The van der Waals surface area contributed by atoms with E-state index in [2.05, 4.69) is 5.32 Å². The van der Waals surface area contributed by atoms with Crippen LogP contribution in [0, 0.1) is 0 Å². The average Bonchev–Trinajstić information content (AvgIpc) is 2.16. The quantitative estimate of drug-likeness (QED) is 0.566. The molecule has 1 atom stereocenters. The molecule has 0 aliphatic heterocycles. The monoisotopic (exact) mass is 207 g/mol. The molecule has 80 valence electrons. The molecule has 4 nitrogen and oxygen atoms in total. The van der Waals surface area contributed by atoms with E-state index in [1.54, 1.807) is 30.3 Å². The smallest absolute Gasteiger partial charge is 0.219 e. The number of ketones is 1. The number of nitrogens with one attached hydrogen (secondary N) is 1. The number of aliphatic hydroxyl groups is 1. The second-order valence-electron chi connectivity index (χ2n) is 3.45. The van der Waals surface area contributed by atoms with Gasteiger partial charge in [0.2, 0.25) is 11.7 Å². The SMILES string of the molecule is CC(=O)NC(C)(O)C(=O)c1ccccc1. The number of hydrogen-bond acceptors (Lipinski definition) is 3. The van der Waals surface area contributed by atoms with Gasteiger partial charge in [-0.05, 0) is 6.92 Å². The summed E-state index contributed by atoms with van der Waals surface area (Å²) >= 11 is 0. The van der Waals surface area contributed by atoms with Crippen LogP contribution in [-0.2, 0) is 4.79 Å².